The molecule has 2 aliphatic carbocycles. The van der Waals surface area contributed by atoms with Crippen LogP contribution in [-0.2, 0) is 42.9 Å². The van der Waals surface area contributed by atoms with Gasteiger partial charge in [-0.05, 0) is 44.2 Å². The smallest absolute Gasteiger partial charge is 0.333 e. The molecule has 1 N–H and O–H groups in total. The van der Waals surface area contributed by atoms with Gasteiger partial charge in [-0.15, -0.1) is 0 Å². The summed E-state index contributed by atoms with van der Waals surface area (Å²) in [5.74, 6) is -6.52. The molecule has 2 saturated carbocycles. The number of rotatable bonds is 6. The van der Waals surface area contributed by atoms with E-state index in [9.17, 15) is 24.3 Å². The second kappa shape index (κ2) is 10.0. The maximum atomic E-state index is 13.6. The molecule has 6 rings (SSSR count). The molecule has 5 aliphatic rings. The molecular formula is C34H42O11. The number of carbonyl (C=O) groups excluding carboxylic acids is 4. The van der Waals surface area contributed by atoms with Crippen molar-refractivity contribution >= 4 is 23.9 Å². The highest BCUT2D eigenvalue weighted by Crippen LogP contribution is 2.81. The number of methoxy groups -OCH3 is 1. The van der Waals surface area contributed by atoms with E-state index in [2.05, 4.69) is 0 Å². The number of aliphatic hydroxyl groups is 1. The second-order valence-electron chi connectivity index (χ2n) is 14.3. The summed E-state index contributed by atoms with van der Waals surface area (Å²) in [6, 6.07) is 1.74. The van der Waals surface area contributed by atoms with Crippen molar-refractivity contribution in [1.82, 2.24) is 0 Å². The van der Waals surface area contributed by atoms with Crippen LogP contribution in [0.2, 0.25) is 0 Å². The first-order valence-electron chi connectivity index (χ1n) is 15.5. The van der Waals surface area contributed by atoms with Gasteiger partial charge in [-0.2, -0.15) is 0 Å². The minimum absolute atomic E-state index is 0.0825. The molecule has 11 heteroatoms. The van der Waals surface area contributed by atoms with Crippen molar-refractivity contribution in [3.05, 3.63) is 47.5 Å². The van der Waals surface area contributed by atoms with Crippen LogP contribution < -0.4 is 0 Å². The lowest BCUT2D eigenvalue weighted by Gasteiger charge is -2.66. The third-order valence-electron chi connectivity index (χ3n) is 12.0. The number of fused-ring (bicyclic) bond motifs is 2. The fourth-order valence-corrected chi connectivity index (χ4v) is 9.94. The Balaban J connectivity index is 1.63. The Kier molecular flexibility index (Phi) is 7.03. The van der Waals surface area contributed by atoms with Crippen molar-refractivity contribution in [3.8, 4) is 0 Å². The van der Waals surface area contributed by atoms with Crippen LogP contribution in [0.5, 0.6) is 0 Å². The summed E-state index contributed by atoms with van der Waals surface area (Å²) in [7, 11) is 1.31. The van der Waals surface area contributed by atoms with Gasteiger partial charge in [-0.1, -0.05) is 33.8 Å². The van der Waals surface area contributed by atoms with Crippen LogP contribution >= 0.6 is 0 Å². The normalized spacial score (nSPS) is 42.6. The fourth-order valence-electron chi connectivity index (χ4n) is 9.94. The average Bonchev–Trinajstić information content (AvgIpc) is 3.64. The Morgan fingerprint density at radius 1 is 1.11 bits per heavy atom. The van der Waals surface area contributed by atoms with Crippen molar-refractivity contribution in [2.45, 2.75) is 97.4 Å². The summed E-state index contributed by atoms with van der Waals surface area (Å²) in [6.45, 7) is 12.3. The predicted octanol–water partition coefficient (Wildman–Crippen LogP) is 4.34. The van der Waals surface area contributed by atoms with Gasteiger partial charge in [0.25, 0.3) is 0 Å². The molecule has 4 fully saturated rings. The molecule has 2 saturated heterocycles. The lowest BCUT2D eigenvalue weighted by atomic mass is 9.37. The fraction of sp³-hybridized carbons (Fsp3) is 0.647. The highest BCUT2D eigenvalue weighted by Gasteiger charge is 2.90. The van der Waals surface area contributed by atoms with Crippen molar-refractivity contribution in [2.75, 3.05) is 7.11 Å². The average molecular weight is 627 g/mol. The summed E-state index contributed by atoms with van der Waals surface area (Å²) in [4.78, 5) is 52.6. The van der Waals surface area contributed by atoms with Gasteiger partial charge in [0.15, 0.2) is 5.79 Å². The largest absolute Gasteiger partial charge is 0.472 e. The second-order valence-corrected chi connectivity index (χ2v) is 14.3. The van der Waals surface area contributed by atoms with Crippen LogP contribution in [0.3, 0.4) is 0 Å². The quantitative estimate of drug-likeness (QED) is 0.273. The molecule has 0 aromatic carbocycles. The minimum Gasteiger partial charge on any atom is -0.472 e. The Morgan fingerprint density at radius 2 is 1.82 bits per heavy atom. The number of allylic oxidation sites excluding steroid dienone is 1. The number of esters is 4. The number of cyclic esters (lactones) is 1. The van der Waals surface area contributed by atoms with E-state index in [4.69, 9.17) is 28.1 Å². The van der Waals surface area contributed by atoms with Crippen molar-refractivity contribution in [1.29, 1.82) is 0 Å². The van der Waals surface area contributed by atoms with Gasteiger partial charge in [-0.25, -0.2) is 9.59 Å². The zero-order valence-electron chi connectivity index (χ0n) is 27.0. The van der Waals surface area contributed by atoms with E-state index >= 15 is 0 Å². The number of carbonyl (C=O) groups is 4. The first-order chi connectivity index (χ1) is 21.0. The lowest BCUT2D eigenvalue weighted by molar-refractivity contribution is -0.325. The van der Waals surface area contributed by atoms with Gasteiger partial charge < -0.3 is 33.2 Å². The van der Waals surface area contributed by atoms with Crippen molar-refractivity contribution in [2.24, 2.45) is 34.0 Å². The first-order valence-corrected chi connectivity index (χ1v) is 15.5. The maximum absolute atomic E-state index is 13.6. The van der Waals surface area contributed by atoms with Crippen molar-refractivity contribution < 1.29 is 52.4 Å². The number of hydrogen-bond donors (Lipinski definition) is 1. The third kappa shape index (κ3) is 3.89. The zero-order chi connectivity index (χ0) is 32.9. The minimum atomic E-state index is -2.03. The first kappa shape index (κ1) is 31.5. The Bertz CT molecular complexity index is 1510. The summed E-state index contributed by atoms with van der Waals surface area (Å²) < 4.78 is 35.8. The Labute approximate surface area is 262 Å². The number of hydrogen-bond acceptors (Lipinski definition) is 11. The number of ether oxygens (including phenoxy) is 5. The van der Waals surface area contributed by atoms with Crippen LogP contribution in [-0.4, -0.2) is 59.7 Å². The highest BCUT2D eigenvalue weighted by atomic mass is 16.7. The predicted molar refractivity (Wildman–Crippen MR) is 156 cm³/mol. The molecule has 10 atom stereocenters. The molecule has 0 unspecified atom stereocenters. The van der Waals surface area contributed by atoms with E-state index in [0.29, 0.717) is 29.6 Å². The molecule has 244 valence electrons. The molecule has 1 aromatic heterocycles. The standard InChI is InChI=1S/C34H42O11/c1-9-17(2)29(38)44-28-25-27(42-18(3)35)30(4,5)21(14-23(36)40-8)32(7)20-10-12-31(6)22(33(20,28)45-34(25,32)39)15-24(37)43-26(31)19-11-13-41-16-19/h9,11,13,15-16,20-21,25-28,39H,10,12,14H2,1-8H3/b17-9+/t20-,21+,25+,26+,27-,28-,31-,32-,33-,34+/m1/s1. The lowest BCUT2D eigenvalue weighted by Crippen LogP contribution is -2.76. The van der Waals surface area contributed by atoms with Gasteiger partial charge in [-0.3, -0.25) is 9.59 Å². The molecule has 4 heterocycles. The summed E-state index contributed by atoms with van der Waals surface area (Å²) in [5.41, 5.74) is -2.87. The van der Waals surface area contributed by atoms with E-state index in [0.717, 1.165) is 0 Å². The molecule has 0 radical (unpaired) electrons. The van der Waals surface area contributed by atoms with Crippen LogP contribution in [0.15, 0.2) is 46.3 Å². The monoisotopic (exact) mass is 626 g/mol. The van der Waals surface area contributed by atoms with Crippen LogP contribution in [0.4, 0.5) is 0 Å². The molecule has 1 spiro atoms. The Hall–Kier alpha value is -3.44. The zero-order valence-corrected chi connectivity index (χ0v) is 27.0. The van der Waals surface area contributed by atoms with Crippen LogP contribution in [0.25, 0.3) is 0 Å². The van der Waals surface area contributed by atoms with E-state index in [-0.39, 0.29) is 6.42 Å². The summed E-state index contributed by atoms with van der Waals surface area (Å²) in [6.07, 6.45) is 4.05. The molecular weight excluding hydrogens is 584 g/mol. The van der Waals surface area contributed by atoms with Crippen LogP contribution in [0, 0.1) is 34.0 Å². The van der Waals surface area contributed by atoms with E-state index < -0.39 is 87.6 Å². The highest BCUT2D eigenvalue weighted by molar-refractivity contribution is 5.88. The molecule has 0 amide bonds. The number of furan rings is 1. The summed E-state index contributed by atoms with van der Waals surface area (Å²) in [5, 5.41) is 13.0. The van der Waals surface area contributed by atoms with Gasteiger partial charge in [0, 0.05) is 52.7 Å². The van der Waals surface area contributed by atoms with Gasteiger partial charge >= 0.3 is 23.9 Å². The van der Waals surface area contributed by atoms with E-state index in [1.807, 2.05) is 27.7 Å². The molecule has 11 nitrogen and oxygen atoms in total. The summed E-state index contributed by atoms with van der Waals surface area (Å²) >= 11 is 0. The molecule has 45 heavy (non-hydrogen) atoms. The molecule has 3 aliphatic heterocycles. The van der Waals surface area contributed by atoms with Crippen LogP contribution in [0.1, 0.15) is 79.4 Å². The molecule has 2 bridgehead atoms. The van der Waals surface area contributed by atoms with E-state index in [1.54, 1.807) is 26.0 Å². The topological polar surface area (TPSA) is 148 Å². The molecule has 1 aromatic rings. The third-order valence-corrected chi connectivity index (χ3v) is 12.0. The SMILES string of the molecule is C/C=C(\C)C(=O)O[C@@H]1[C@@H]2[C@@H](OC(C)=O)C(C)(C)[C@H](CC(=O)OC)[C@@]3(C)[C@H]4CC[C@]5(C)C(=CC(=O)O[C@H]5c5ccoc5)[C@@]14O[C@@]23O. The van der Waals surface area contributed by atoms with E-state index in [1.165, 1.54) is 32.6 Å². The van der Waals surface area contributed by atoms with Gasteiger partial charge in [0.1, 0.15) is 23.9 Å². The van der Waals surface area contributed by atoms with Gasteiger partial charge in [0.2, 0.25) is 0 Å². The van der Waals surface area contributed by atoms with Gasteiger partial charge in [0.05, 0.1) is 25.6 Å². The van der Waals surface area contributed by atoms with Crippen molar-refractivity contribution in [3.63, 3.8) is 0 Å². The Morgan fingerprint density at radius 3 is 2.42 bits per heavy atom. The maximum Gasteiger partial charge on any atom is 0.333 e.